The minimum absolute atomic E-state index is 0. The van der Waals surface area contributed by atoms with Gasteiger partial charge >= 0.3 is 31.1 Å². The summed E-state index contributed by atoms with van der Waals surface area (Å²) in [5, 5.41) is 0.791. The second-order valence-corrected chi connectivity index (χ2v) is 10.2. The molecule has 3 aromatic carbocycles. The largest absolute Gasteiger partial charge is 2.00 e. The third kappa shape index (κ3) is 38.7. The van der Waals surface area contributed by atoms with Crippen molar-refractivity contribution in [1.82, 2.24) is 0 Å². The van der Waals surface area contributed by atoms with Gasteiger partial charge in [0.1, 0.15) is 0 Å². The molecule has 4 heteroatoms. The van der Waals surface area contributed by atoms with Gasteiger partial charge in [0.05, 0.1) is 6.29 Å². The van der Waals surface area contributed by atoms with Gasteiger partial charge in [0.25, 0.3) is 0 Å². The Balaban J connectivity index is -0.000000154. The van der Waals surface area contributed by atoms with Gasteiger partial charge in [0.15, 0.2) is 0 Å². The maximum atomic E-state index is 9.98. The average molecular weight is 865 g/mol. The normalized spacial score (nSPS) is 9.38. The van der Waals surface area contributed by atoms with Crippen LogP contribution in [0.5, 0.6) is 0 Å². The molecular weight excluding hydrogens is 798 g/mol. The number of rotatable bonds is 10. The molecule has 0 fully saturated rings. The summed E-state index contributed by atoms with van der Waals surface area (Å²) in [6, 6.07) is 28.3. The molecule has 45 heavy (non-hydrogen) atoms. The van der Waals surface area contributed by atoms with Crippen LogP contribution in [0.3, 0.4) is 0 Å². The molecule has 0 aliphatic carbocycles. The summed E-state index contributed by atoms with van der Waals surface area (Å²) in [6.45, 7) is 28.4. The van der Waals surface area contributed by atoms with Crippen LogP contribution in [-0.2, 0) is 4.74 Å². The zero-order valence-corrected chi connectivity index (χ0v) is 35.7. The van der Waals surface area contributed by atoms with Crippen molar-refractivity contribution in [3.8, 4) is 0 Å². The number of hydrogen-bond donors (Lipinski definition) is 0. The number of unbranched alkanes of at least 4 members (excludes halogenated alkanes) is 2. The number of ether oxygens (including phenoxy) is 1. The van der Waals surface area contributed by atoms with Crippen molar-refractivity contribution in [3.63, 3.8) is 0 Å². The maximum absolute atomic E-state index is 9.98. The molecular formula is C41H67ClO2U. The zero-order chi connectivity index (χ0) is 34.4. The van der Waals surface area contributed by atoms with Crippen LogP contribution in [0.4, 0.5) is 0 Å². The molecule has 0 bridgehead atoms. The third-order valence-corrected chi connectivity index (χ3v) is 5.91. The molecule has 0 spiro atoms. The molecule has 0 aliphatic rings. The maximum Gasteiger partial charge on any atom is 2.00 e. The van der Waals surface area contributed by atoms with E-state index in [0.717, 1.165) is 30.3 Å². The first-order valence-electron chi connectivity index (χ1n) is 16.9. The predicted octanol–water partition coefficient (Wildman–Crippen LogP) is 13.7. The molecule has 254 valence electrons. The Morgan fingerprint density at radius 2 is 1.27 bits per heavy atom. The molecule has 1 atom stereocenters. The molecule has 0 saturated heterocycles. The minimum atomic E-state index is 0. The number of halogens is 1. The average Bonchev–Trinajstić information content (AvgIpc) is 3.10. The van der Waals surface area contributed by atoms with Crippen molar-refractivity contribution in [2.45, 2.75) is 121 Å². The molecule has 0 amide bonds. The number of carbonyl (C=O) groups is 1. The van der Waals surface area contributed by atoms with Crippen LogP contribution in [0, 0.1) is 50.0 Å². The van der Waals surface area contributed by atoms with Gasteiger partial charge in [-0.05, 0) is 35.6 Å². The SMILES string of the molecule is CC.CC.CC(c1ccccc1)c1ccc(Cl)cc1.CCCC.CCCCC(C)C.O=Cc1[c-]cccc1.[CH2-]COCCC.[U+2]. The van der Waals surface area contributed by atoms with Gasteiger partial charge in [-0.15, -0.1) is 35.9 Å². The Bertz CT molecular complexity index is 894. The topological polar surface area (TPSA) is 26.3 Å². The summed E-state index contributed by atoms with van der Waals surface area (Å²) in [4.78, 5) is 9.98. The number of aldehydes is 1. The van der Waals surface area contributed by atoms with Crippen molar-refractivity contribution in [2.75, 3.05) is 13.2 Å². The van der Waals surface area contributed by atoms with Crippen LogP contribution >= 0.6 is 11.6 Å². The zero-order valence-electron chi connectivity index (χ0n) is 30.8. The van der Waals surface area contributed by atoms with Crippen LogP contribution in [0.2, 0.25) is 5.02 Å². The first kappa shape index (κ1) is 53.1. The monoisotopic (exact) mass is 865 g/mol. The molecule has 0 radical (unpaired) electrons. The van der Waals surface area contributed by atoms with E-state index in [4.69, 9.17) is 16.3 Å². The van der Waals surface area contributed by atoms with E-state index in [2.05, 4.69) is 97.9 Å². The molecule has 0 N–H and O–H groups in total. The van der Waals surface area contributed by atoms with Gasteiger partial charge in [-0.1, -0.05) is 169 Å². The fourth-order valence-electron chi connectivity index (χ4n) is 3.02. The van der Waals surface area contributed by atoms with Crippen molar-refractivity contribution < 1.29 is 40.6 Å². The van der Waals surface area contributed by atoms with Crippen LogP contribution in [0.1, 0.15) is 142 Å². The summed E-state index contributed by atoms with van der Waals surface area (Å²) >= 11 is 5.86. The van der Waals surface area contributed by atoms with Crippen molar-refractivity contribution in [3.05, 3.63) is 114 Å². The Labute approximate surface area is 309 Å². The van der Waals surface area contributed by atoms with E-state index in [1.807, 2.05) is 52.0 Å². The van der Waals surface area contributed by atoms with E-state index in [1.54, 1.807) is 18.2 Å². The van der Waals surface area contributed by atoms with Gasteiger partial charge < -0.3 is 16.5 Å². The molecule has 0 saturated carbocycles. The quantitative estimate of drug-likeness (QED) is 0.115. The molecule has 2 nitrogen and oxygen atoms in total. The number of benzene rings is 3. The summed E-state index contributed by atoms with van der Waals surface area (Å²) in [6.07, 6.45) is 8.65. The van der Waals surface area contributed by atoms with Crippen LogP contribution < -0.4 is 0 Å². The molecule has 0 aromatic heterocycles. The molecule has 0 aliphatic heterocycles. The minimum Gasteiger partial charge on any atom is -0.413 e. The van der Waals surface area contributed by atoms with Gasteiger partial charge in [0.2, 0.25) is 0 Å². The second kappa shape index (κ2) is 44.8. The van der Waals surface area contributed by atoms with Crippen molar-refractivity contribution in [1.29, 1.82) is 0 Å². The second-order valence-electron chi connectivity index (χ2n) is 9.77. The number of carbonyl (C=O) groups excluding carboxylic acids is 1. The van der Waals surface area contributed by atoms with Crippen molar-refractivity contribution >= 4 is 17.9 Å². The van der Waals surface area contributed by atoms with Gasteiger partial charge in [-0.3, -0.25) is 0 Å². The van der Waals surface area contributed by atoms with Crippen LogP contribution in [0.25, 0.3) is 0 Å². The Morgan fingerprint density at radius 3 is 1.58 bits per heavy atom. The van der Waals surface area contributed by atoms with E-state index in [0.29, 0.717) is 18.1 Å². The molecule has 1 unspecified atom stereocenters. The van der Waals surface area contributed by atoms with Crippen LogP contribution in [0.15, 0.2) is 78.9 Å². The smallest absolute Gasteiger partial charge is 0.413 e. The van der Waals surface area contributed by atoms with E-state index in [1.165, 1.54) is 43.2 Å². The predicted molar refractivity (Wildman–Crippen MR) is 200 cm³/mol. The fourth-order valence-corrected chi connectivity index (χ4v) is 3.15. The van der Waals surface area contributed by atoms with Gasteiger partial charge in [0, 0.05) is 17.5 Å². The molecule has 3 aromatic rings. The summed E-state index contributed by atoms with van der Waals surface area (Å²) in [5.74, 6) is 1.32. The van der Waals surface area contributed by atoms with E-state index in [9.17, 15) is 4.79 Å². The van der Waals surface area contributed by atoms with E-state index < -0.39 is 0 Å². The van der Waals surface area contributed by atoms with Gasteiger partial charge in [-0.25, -0.2) is 0 Å². The Morgan fingerprint density at radius 1 is 0.756 bits per heavy atom. The van der Waals surface area contributed by atoms with E-state index in [-0.39, 0.29) is 31.1 Å². The first-order valence-corrected chi connectivity index (χ1v) is 17.3. The van der Waals surface area contributed by atoms with Gasteiger partial charge in [-0.2, -0.15) is 0 Å². The van der Waals surface area contributed by atoms with Crippen molar-refractivity contribution in [2.24, 2.45) is 5.92 Å². The number of hydrogen-bond acceptors (Lipinski definition) is 2. The van der Waals surface area contributed by atoms with Crippen LogP contribution in [-0.4, -0.2) is 19.5 Å². The Kier molecular flexibility index (Phi) is 52.8. The standard InChI is InChI=1S/C14H13Cl.C7H5O.C7H16.C5H11O.C4H10.2C2H6.U/c1-11(12-5-3-2-4-6-12)13-7-9-14(15)10-8-13;8-6-7-4-2-1-3-5-7;1-4-5-6-7(2)3;1-3-5-6-4-2;1-3-4-2;2*1-2;/h2-11H,1H3;1-4,6H;7H,4-6H2,1-3H3;2-5H2,1H3;3-4H2,1-2H3;2*1-2H3;/q;-1;;-1;;;;+2. The van der Waals surface area contributed by atoms with E-state index >= 15 is 0 Å². The summed E-state index contributed by atoms with van der Waals surface area (Å²) in [7, 11) is 0. The Hall–Kier alpha value is -1.37. The summed E-state index contributed by atoms with van der Waals surface area (Å²) in [5.41, 5.74) is 3.23. The summed E-state index contributed by atoms with van der Waals surface area (Å²) < 4.78 is 4.87. The first-order chi connectivity index (χ1) is 21.3. The molecule has 0 heterocycles. The fraction of sp³-hybridized carbons (Fsp3) is 0.512. The molecule has 3 rings (SSSR count). The third-order valence-electron chi connectivity index (χ3n) is 5.66.